The molecule has 160 valence electrons. The molecule has 0 bridgehead atoms. The molecule has 7 heteroatoms. The van der Waals surface area contributed by atoms with Crippen molar-refractivity contribution in [2.75, 3.05) is 13.1 Å². The number of benzene rings is 2. The van der Waals surface area contributed by atoms with Crippen LogP contribution in [0, 0.1) is 11.6 Å². The van der Waals surface area contributed by atoms with Crippen LogP contribution in [0.15, 0.2) is 72.7 Å². The Hall–Kier alpha value is -3.19. The molecule has 31 heavy (non-hydrogen) atoms. The van der Waals surface area contributed by atoms with Gasteiger partial charge in [-0.2, -0.15) is 5.01 Å². The Bertz CT molecular complexity index is 1010. The van der Waals surface area contributed by atoms with Gasteiger partial charge >= 0.3 is 0 Å². The zero-order valence-electron chi connectivity index (χ0n) is 17.0. The van der Waals surface area contributed by atoms with Crippen molar-refractivity contribution in [2.45, 2.75) is 31.3 Å². The molecule has 0 aliphatic carbocycles. The second-order valence-corrected chi connectivity index (χ2v) is 8.10. The summed E-state index contributed by atoms with van der Waals surface area (Å²) in [7, 11) is 0. The highest BCUT2D eigenvalue weighted by Gasteiger charge is 2.43. The molecule has 0 aromatic heterocycles. The first-order valence-corrected chi connectivity index (χ1v) is 10.6. The van der Waals surface area contributed by atoms with Crippen LogP contribution in [-0.4, -0.2) is 40.1 Å². The maximum Gasteiger partial charge on any atom is 0.206 e. The molecule has 0 amide bonds. The number of nitrogens with zero attached hydrogens (tertiary/aromatic N) is 3. The molecule has 1 fully saturated rings. The van der Waals surface area contributed by atoms with E-state index in [1.165, 1.54) is 30.3 Å². The molecule has 0 saturated carbocycles. The summed E-state index contributed by atoms with van der Waals surface area (Å²) in [4.78, 5) is 12.7. The minimum Gasteiger partial charge on any atom is -0.309 e. The second kappa shape index (κ2) is 8.15. The summed E-state index contributed by atoms with van der Waals surface area (Å²) in [5.41, 5.74) is 5.20. The third kappa shape index (κ3) is 3.70. The van der Waals surface area contributed by atoms with Gasteiger partial charge in [-0.25, -0.2) is 8.78 Å². The predicted molar refractivity (Wildman–Crippen MR) is 113 cm³/mol. The van der Waals surface area contributed by atoms with Crippen molar-refractivity contribution >= 4 is 5.78 Å². The smallest absolute Gasteiger partial charge is 0.206 e. The number of hydrogen-bond acceptors (Lipinski definition) is 5. The van der Waals surface area contributed by atoms with E-state index < -0.39 is 5.92 Å². The summed E-state index contributed by atoms with van der Waals surface area (Å²) in [6, 6.07) is 12.9. The van der Waals surface area contributed by atoms with E-state index in [0.29, 0.717) is 5.70 Å². The van der Waals surface area contributed by atoms with Crippen LogP contribution < -0.4 is 5.43 Å². The molecule has 3 aliphatic heterocycles. The van der Waals surface area contributed by atoms with Crippen molar-refractivity contribution in [1.82, 2.24) is 20.5 Å². The normalized spacial score (nSPS) is 21.3. The van der Waals surface area contributed by atoms with Gasteiger partial charge < -0.3 is 10.4 Å². The number of halogens is 2. The van der Waals surface area contributed by atoms with Crippen LogP contribution in [0.4, 0.5) is 8.78 Å². The third-order valence-corrected chi connectivity index (χ3v) is 6.12. The molecule has 0 radical (unpaired) electrons. The van der Waals surface area contributed by atoms with E-state index in [0.717, 1.165) is 43.5 Å². The Kier molecular flexibility index (Phi) is 5.19. The lowest BCUT2D eigenvalue weighted by Gasteiger charge is -2.52. The summed E-state index contributed by atoms with van der Waals surface area (Å²) >= 11 is 0. The molecule has 2 aromatic rings. The number of carbonyl (C=O) groups is 1. The summed E-state index contributed by atoms with van der Waals surface area (Å²) in [6.45, 7) is 1.58. The third-order valence-electron chi connectivity index (χ3n) is 6.12. The standard InChI is InChI=1S/C24H24F2N4O/c25-19-8-4-6-17(14-19)23(18-7-5-9-20(26)15-18)24-29-13-3-1-2-12-28(29)16-21-22(31)10-11-27-30(21)24/h4-11,14-16,23-24,27H,1-3,12-13H2. The first kappa shape index (κ1) is 19.8. The van der Waals surface area contributed by atoms with Crippen molar-refractivity contribution < 1.29 is 13.6 Å². The molecule has 2 aromatic carbocycles. The summed E-state index contributed by atoms with van der Waals surface area (Å²) in [5.74, 6) is -1.19. The number of ketones is 1. The minimum absolute atomic E-state index is 0.0927. The van der Waals surface area contributed by atoms with Crippen molar-refractivity contribution in [2.24, 2.45) is 0 Å². The number of hydrogen-bond donors (Lipinski definition) is 1. The molecule has 5 rings (SSSR count). The average molecular weight is 422 g/mol. The highest BCUT2D eigenvalue weighted by molar-refractivity contribution is 6.04. The first-order valence-electron chi connectivity index (χ1n) is 10.6. The number of rotatable bonds is 3. The van der Waals surface area contributed by atoms with Crippen LogP contribution in [0.25, 0.3) is 0 Å². The Balaban J connectivity index is 1.69. The van der Waals surface area contributed by atoms with Crippen molar-refractivity contribution in [3.05, 3.63) is 95.5 Å². The van der Waals surface area contributed by atoms with Gasteiger partial charge in [0.2, 0.25) is 5.78 Å². The van der Waals surface area contributed by atoms with Crippen LogP contribution in [-0.2, 0) is 4.79 Å². The summed E-state index contributed by atoms with van der Waals surface area (Å²) in [6.07, 6.45) is 7.75. The van der Waals surface area contributed by atoms with Crippen LogP contribution in [0.2, 0.25) is 0 Å². The van der Waals surface area contributed by atoms with Gasteiger partial charge in [-0.1, -0.05) is 30.7 Å². The van der Waals surface area contributed by atoms with Gasteiger partial charge in [-0.15, -0.1) is 0 Å². The van der Waals surface area contributed by atoms with Gasteiger partial charge in [0.15, 0.2) is 0 Å². The summed E-state index contributed by atoms with van der Waals surface area (Å²) in [5, 5.41) is 6.16. The number of hydrazine groups is 2. The van der Waals surface area contributed by atoms with Gasteiger partial charge in [0.1, 0.15) is 23.5 Å². The van der Waals surface area contributed by atoms with Crippen LogP contribution in [0.1, 0.15) is 36.3 Å². The van der Waals surface area contributed by atoms with Gasteiger partial charge in [0.25, 0.3) is 0 Å². The van der Waals surface area contributed by atoms with Gasteiger partial charge in [0, 0.05) is 37.5 Å². The lowest BCUT2D eigenvalue weighted by Crippen LogP contribution is -2.64. The quantitative estimate of drug-likeness (QED) is 0.813. The fraction of sp³-hybridized carbons (Fsp3) is 0.292. The van der Waals surface area contributed by atoms with Gasteiger partial charge in [-0.05, 0) is 48.2 Å². The van der Waals surface area contributed by atoms with Crippen LogP contribution in [0.5, 0.6) is 0 Å². The zero-order valence-corrected chi connectivity index (χ0v) is 17.0. The molecule has 1 N–H and O–H groups in total. The Morgan fingerprint density at radius 1 is 0.935 bits per heavy atom. The monoisotopic (exact) mass is 422 g/mol. The van der Waals surface area contributed by atoms with E-state index in [9.17, 15) is 13.6 Å². The van der Waals surface area contributed by atoms with Crippen LogP contribution >= 0.6 is 0 Å². The molecule has 5 nitrogen and oxygen atoms in total. The Morgan fingerprint density at radius 2 is 1.61 bits per heavy atom. The molecule has 1 atom stereocenters. The zero-order chi connectivity index (χ0) is 21.4. The van der Waals surface area contributed by atoms with Gasteiger partial charge in [0.05, 0.1) is 0 Å². The lowest BCUT2D eigenvalue weighted by molar-refractivity contribution is -0.130. The Labute approximate surface area is 180 Å². The van der Waals surface area contributed by atoms with E-state index >= 15 is 0 Å². The van der Waals surface area contributed by atoms with Crippen molar-refractivity contribution in [1.29, 1.82) is 0 Å². The number of nitrogens with one attached hydrogen (secondary N) is 1. The lowest BCUT2D eigenvalue weighted by atomic mass is 9.87. The number of carbonyl (C=O) groups excluding carboxylic acids is 1. The molecular formula is C24H24F2N4O. The molecule has 3 aliphatic rings. The maximum absolute atomic E-state index is 14.3. The van der Waals surface area contributed by atoms with Crippen LogP contribution in [0.3, 0.4) is 0 Å². The van der Waals surface area contributed by atoms with E-state index in [2.05, 4.69) is 15.4 Å². The number of fused-ring (bicyclic) bond motifs is 2. The molecule has 3 heterocycles. The minimum atomic E-state index is -0.400. The van der Waals surface area contributed by atoms with E-state index in [-0.39, 0.29) is 23.6 Å². The number of allylic oxidation sites excluding steroid dienone is 1. The van der Waals surface area contributed by atoms with E-state index in [1.807, 2.05) is 23.3 Å². The molecular weight excluding hydrogens is 398 g/mol. The molecule has 0 spiro atoms. The fourth-order valence-electron chi connectivity index (χ4n) is 4.75. The SMILES string of the molecule is O=C1C=CNN2C1=CN1CCCCCN1C2C(c1cccc(F)c1)c1cccc(F)c1. The van der Waals surface area contributed by atoms with E-state index in [1.54, 1.807) is 18.3 Å². The maximum atomic E-state index is 14.3. The highest BCUT2D eigenvalue weighted by Crippen LogP contribution is 2.39. The van der Waals surface area contributed by atoms with Crippen molar-refractivity contribution in [3.63, 3.8) is 0 Å². The largest absolute Gasteiger partial charge is 0.309 e. The van der Waals surface area contributed by atoms with E-state index in [4.69, 9.17) is 0 Å². The van der Waals surface area contributed by atoms with Crippen molar-refractivity contribution in [3.8, 4) is 0 Å². The van der Waals surface area contributed by atoms with Gasteiger partial charge in [-0.3, -0.25) is 9.80 Å². The highest BCUT2D eigenvalue weighted by atomic mass is 19.1. The average Bonchev–Trinajstić information content (AvgIpc) is 3.00. The fourth-order valence-corrected chi connectivity index (χ4v) is 4.75. The topological polar surface area (TPSA) is 38.8 Å². The summed E-state index contributed by atoms with van der Waals surface area (Å²) < 4.78 is 28.6. The first-order chi connectivity index (χ1) is 15.1. The second-order valence-electron chi connectivity index (χ2n) is 8.10. The molecule has 1 unspecified atom stereocenters. The predicted octanol–water partition coefficient (Wildman–Crippen LogP) is 3.88. The Morgan fingerprint density at radius 3 is 2.29 bits per heavy atom. The molecule has 1 saturated heterocycles.